The summed E-state index contributed by atoms with van der Waals surface area (Å²) in [4.78, 5) is 10.9. The number of rotatable bonds is 7. The third-order valence-electron chi connectivity index (χ3n) is 4.17. The van der Waals surface area contributed by atoms with Crippen LogP contribution in [0.3, 0.4) is 0 Å². The Kier molecular flexibility index (Phi) is 6.58. The first-order chi connectivity index (χ1) is 10.2. The monoisotopic (exact) mass is 289 g/mol. The van der Waals surface area contributed by atoms with Crippen LogP contribution in [-0.2, 0) is 4.79 Å². The number of carbonyl (C=O) groups excluding carboxylic acids is 1. The van der Waals surface area contributed by atoms with E-state index in [0.29, 0.717) is 0 Å². The molecular weight excluding hydrogens is 262 g/mol. The predicted molar refractivity (Wildman–Crippen MR) is 86.7 cm³/mol. The number of amides is 1. The number of anilines is 1. The second-order valence-corrected chi connectivity index (χ2v) is 6.05. The Morgan fingerprint density at radius 2 is 1.86 bits per heavy atom. The molecule has 1 N–H and O–H groups in total. The van der Waals surface area contributed by atoms with Gasteiger partial charge in [0.25, 0.3) is 0 Å². The molecule has 0 aromatic heterocycles. The number of hydrogen-bond donors (Lipinski definition) is 1. The molecule has 3 heteroatoms. The quantitative estimate of drug-likeness (QED) is 0.734. The van der Waals surface area contributed by atoms with Crippen LogP contribution < -0.4 is 10.1 Å². The second-order valence-electron chi connectivity index (χ2n) is 6.05. The molecule has 1 aliphatic rings. The molecule has 1 saturated carbocycles. The fourth-order valence-corrected chi connectivity index (χ4v) is 3.04. The first-order valence-electron chi connectivity index (χ1n) is 8.24. The normalized spacial score (nSPS) is 15.7. The van der Waals surface area contributed by atoms with Crippen molar-refractivity contribution in [2.24, 2.45) is 5.92 Å². The van der Waals surface area contributed by atoms with Gasteiger partial charge in [0.05, 0.1) is 6.61 Å². The smallest absolute Gasteiger partial charge is 0.221 e. The first kappa shape index (κ1) is 15.9. The predicted octanol–water partition coefficient (Wildman–Crippen LogP) is 4.77. The van der Waals surface area contributed by atoms with Gasteiger partial charge in [0.1, 0.15) is 5.75 Å². The van der Waals surface area contributed by atoms with Crippen LogP contribution in [-0.4, -0.2) is 12.5 Å². The van der Waals surface area contributed by atoms with E-state index < -0.39 is 0 Å². The van der Waals surface area contributed by atoms with Crippen molar-refractivity contribution >= 4 is 11.6 Å². The molecule has 0 spiro atoms. The minimum atomic E-state index is -0.0496. The van der Waals surface area contributed by atoms with Crippen LogP contribution in [0.5, 0.6) is 5.75 Å². The lowest BCUT2D eigenvalue weighted by molar-refractivity contribution is -0.114. The van der Waals surface area contributed by atoms with Crippen molar-refractivity contribution in [1.82, 2.24) is 0 Å². The molecule has 1 aromatic carbocycles. The molecule has 0 saturated heterocycles. The average molecular weight is 289 g/mol. The Balaban J connectivity index is 1.58. The fraction of sp³-hybridized carbons (Fsp3) is 0.611. The van der Waals surface area contributed by atoms with Crippen LogP contribution in [0.15, 0.2) is 24.3 Å². The van der Waals surface area contributed by atoms with E-state index in [1.165, 1.54) is 51.9 Å². The Hall–Kier alpha value is -1.51. The van der Waals surface area contributed by atoms with E-state index in [2.05, 4.69) is 5.32 Å². The molecule has 2 rings (SSSR count). The second kappa shape index (κ2) is 8.71. The minimum absolute atomic E-state index is 0.0496. The number of ether oxygens (including phenoxy) is 1. The molecule has 1 aromatic rings. The van der Waals surface area contributed by atoms with Gasteiger partial charge in [-0.2, -0.15) is 0 Å². The molecule has 0 bridgehead atoms. The van der Waals surface area contributed by atoms with Gasteiger partial charge in [0, 0.05) is 12.6 Å². The first-order valence-corrected chi connectivity index (χ1v) is 8.24. The molecule has 21 heavy (non-hydrogen) atoms. The molecule has 0 aliphatic heterocycles. The zero-order chi connectivity index (χ0) is 14.9. The molecule has 0 unspecified atom stereocenters. The van der Waals surface area contributed by atoms with Crippen molar-refractivity contribution in [2.75, 3.05) is 11.9 Å². The van der Waals surface area contributed by atoms with Crippen molar-refractivity contribution in [1.29, 1.82) is 0 Å². The molecule has 0 atom stereocenters. The standard InChI is InChI=1S/C18H27NO2/c1-15(20)19-17-10-12-18(13-11-17)21-14-6-5-9-16-7-3-2-4-8-16/h10-13,16H,2-9,14H2,1H3,(H,19,20). The average Bonchev–Trinajstić information content (AvgIpc) is 2.49. The molecule has 1 aliphatic carbocycles. The van der Waals surface area contributed by atoms with E-state index in [1.807, 2.05) is 24.3 Å². The van der Waals surface area contributed by atoms with Crippen molar-refractivity contribution in [2.45, 2.75) is 58.3 Å². The molecule has 1 amide bonds. The van der Waals surface area contributed by atoms with E-state index >= 15 is 0 Å². The molecule has 116 valence electrons. The summed E-state index contributed by atoms with van der Waals surface area (Å²) < 4.78 is 5.74. The van der Waals surface area contributed by atoms with Crippen molar-refractivity contribution in [3.63, 3.8) is 0 Å². The van der Waals surface area contributed by atoms with Crippen molar-refractivity contribution in [3.05, 3.63) is 24.3 Å². The minimum Gasteiger partial charge on any atom is -0.494 e. The van der Waals surface area contributed by atoms with E-state index in [1.54, 1.807) is 0 Å². The largest absolute Gasteiger partial charge is 0.494 e. The van der Waals surface area contributed by atoms with E-state index in [0.717, 1.165) is 30.4 Å². The number of benzene rings is 1. The lowest BCUT2D eigenvalue weighted by atomic mass is 9.86. The highest BCUT2D eigenvalue weighted by atomic mass is 16.5. The van der Waals surface area contributed by atoms with Crippen molar-refractivity contribution in [3.8, 4) is 5.75 Å². The van der Waals surface area contributed by atoms with Crippen LogP contribution >= 0.6 is 0 Å². The Morgan fingerprint density at radius 1 is 1.14 bits per heavy atom. The Bertz CT molecular complexity index is 421. The summed E-state index contributed by atoms with van der Waals surface area (Å²) in [6.45, 7) is 2.29. The third-order valence-corrected chi connectivity index (χ3v) is 4.17. The van der Waals surface area contributed by atoms with Crippen LogP contribution in [0.1, 0.15) is 58.3 Å². The van der Waals surface area contributed by atoms with Gasteiger partial charge in [0.2, 0.25) is 5.91 Å². The van der Waals surface area contributed by atoms with E-state index in [9.17, 15) is 4.79 Å². The van der Waals surface area contributed by atoms with E-state index in [-0.39, 0.29) is 5.91 Å². The summed E-state index contributed by atoms with van der Waals surface area (Å²) in [5.41, 5.74) is 0.812. The van der Waals surface area contributed by atoms with Gasteiger partial charge in [-0.05, 0) is 43.0 Å². The number of unbranched alkanes of at least 4 members (excludes halogenated alkanes) is 1. The molecule has 3 nitrogen and oxygen atoms in total. The highest BCUT2D eigenvalue weighted by Gasteiger charge is 2.12. The van der Waals surface area contributed by atoms with Gasteiger partial charge in [-0.1, -0.05) is 38.5 Å². The lowest BCUT2D eigenvalue weighted by Gasteiger charge is -2.21. The maximum Gasteiger partial charge on any atom is 0.221 e. The van der Waals surface area contributed by atoms with Gasteiger partial charge in [-0.25, -0.2) is 0 Å². The van der Waals surface area contributed by atoms with Gasteiger partial charge >= 0.3 is 0 Å². The maximum absolute atomic E-state index is 10.9. The maximum atomic E-state index is 10.9. The van der Waals surface area contributed by atoms with Crippen molar-refractivity contribution < 1.29 is 9.53 Å². The summed E-state index contributed by atoms with van der Waals surface area (Å²) in [6, 6.07) is 7.57. The summed E-state index contributed by atoms with van der Waals surface area (Å²) in [5, 5.41) is 2.75. The molecule has 1 fully saturated rings. The zero-order valence-corrected chi connectivity index (χ0v) is 13.1. The summed E-state index contributed by atoms with van der Waals surface area (Å²) in [7, 11) is 0. The third kappa shape index (κ3) is 6.19. The molecular formula is C18H27NO2. The van der Waals surface area contributed by atoms with Crippen LogP contribution in [0.2, 0.25) is 0 Å². The van der Waals surface area contributed by atoms with Crippen LogP contribution in [0, 0.1) is 5.92 Å². The Labute approximate surface area is 128 Å². The van der Waals surface area contributed by atoms with Gasteiger partial charge < -0.3 is 10.1 Å². The van der Waals surface area contributed by atoms with E-state index in [4.69, 9.17) is 4.74 Å². The van der Waals surface area contributed by atoms with Crippen LogP contribution in [0.4, 0.5) is 5.69 Å². The zero-order valence-electron chi connectivity index (χ0n) is 13.1. The van der Waals surface area contributed by atoms with Gasteiger partial charge in [0.15, 0.2) is 0 Å². The van der Waals surface area contributed by atoms with Gasteiger partial charge in [-0.3, -0.25) is 4.79 Å². The summed E-state index contributed by atoms with van der Waals surface area (Å²) in [5.74, 6) is 1.80. The lowest BCUT2D eigenvalue weighted by Crippen LogP contribution is -2.07. The number of hydrogen-bond acceptors (Lipinski definition) is 2. The molecule has 0 heterocycles. The Morgan fingerprint density at radius 3 is 2.52 bits per heavy atom. The topological polar surface area (TPSA) is 38.3 Å². The number of carbonyl (C=O) groups is 1. The van der Waals surface area contributed by atoms with Crippen LogP contribution in [0.25, 0.3) is 0 Å². The van der Waals surface area contributed by atoms with Gasteiger partial charge in [-0.15, -0.1) is 0 Å². The summed E-state index contributed by atoms with van der Waals surface area (Å²) >= 11 is 0. The highest BCUT2D eigenvalue weighted by molar-refractivity contribution is 5.88. The fourth-order valence-electron chi connectivity index (χ4n) is 3.04. The summed E-state index contributed by atoms with van der Waals surface area (Å²) in [6.07, 6.45) is 10.9. The highest BCUT2D eigenvalue weighted by Crippen LogP contribution is 2.27. The molecule has 0 radical (unpaired) electrons. The SMILES string of the molecule is CC(=O)Nc1ccc(OCCCCC2CCCCC2)cc1. The number of nitrogens with one attached hydrogen (secondary N) is 1.